The summed E-state index contributed by atoms with van der Waals surface area (Å²) in [5.41, 5.74) is 1.74. The molecule has 92 valence electrons. The average molecular weight is 240 g/mol. The van der Waals surface area contributed by atoms with Gasteiger partial charge in [0.1, 0.15) is 11.6 Å². The second kappa shape index (κ2) is 5.05. The minimum absolute atomic E-state index is 0.172. The van der Waals surface area contributed by atoms with Crippen molar-refractivity contribution in [3.63, 3.8) is 0 Å². The molecule has 3 nitrogen and oxygen atoms in total. The first-order valence-electron chi connectivity index (χ1n) is 6.11. The predicted octanol–water partition coefficient (Wildman–Crippen LogP) is 2.76. The van der Waals surface area contributed by atoms with E-state index in [1.54, 1.807) is 12.1 Å². The maximum Gasteiger partial charge on any atom is 0.205 e. The molecule has 1 fully saturated rings. The molecule has 0 spiro atoms. The molecule has 1 aliphatic heterocycles. The van der Waals surface area contributed by atoms with E-state index >= 15 is 0 Å². The summed E-state index contributed by atoms with van der Waals surface area (Å²) < 4.78 is 0. The van der Waals surface area contributed by atoms with Gasteiger partial charge in [-0.1, -0.05) is 30.3 Å². The lowest BCUT2D eigenvalue weighted by atomic mass is 10.0. The summed E-state index contributed by atoms with van der Waals surface area (Å²) in [6.45, 7) is 2.11. The Morgan fingerprint density at radius 3 is 2.56 bits per heavy atom. The Labute approximate surface area is 107 Å². The van der Waals surface area contributed by atoms with E-state index in [1.807, 2.05) is 30.1 Å². The number of ketones is 1. The standard InChI is InChI=1S/C15H16N2O/c1-11-8-9-14(17(11)2)13(10-16)15(18)12-6-4-3-5-7-12/h3-7,11H,8-9H2,1-2H3/b14-13+. The number of benzene rings is 1. The van der Waals surface area contributed by atoms with E-state index in [0.717, 1.165) is 18.5 Å². The molecule has 1 unspecified atom stereocenters. The maximum atomic E-state index is 12.3. The Morgan fingerprint density at radius 1 is 1.39 bits per heavy atom. The Kier molecular flexibility index (Phi) is 3.47. The van der Waals surface area contributed by atoms with E-state index in [1.165, 1.54) is 0 Å². The molecule has 0 bridgehead atoms. The van der Waals surface area contributed by atoms with Crippen molar-refractivity contribution in [1.29, 1.82) is 5.26 Å². The van der Waals surface area contributed by atoms with Gasteiger partial charge in [-0.25, -0.2) is 0 Å². The van der Waals surface area contributed by atoms with E-state index in [4.69, 9.17) is 0 Å². The van der Waals surface area contributed by atoms with Crippen LogP contribution in [-0.4, -0.2) is 23.8 Å². The third kappa shape index (κ3) is 2.14. The van der Waals surface area contributed by atoms with Crippen LogP contribution in [-0.2, 0) is 0 Å². The fraction of sp³-hybridized carbons (Fsp3) is 0.333. The fourth-order valence-electron chi connectivity index (χ4n) is 2.26. The van der Waals surface area contributed by atoms with Crippen LogP contribution in [0.4, 0.5) is 0 Å². The van der Waals surface area contributed by atoms with Gasteiger partial charge in [-0.05, 0) is 19.8 Å². The number of allylic oxidation sites excluding steroid dienone is 2. The highest BCUT2D eigenvalue weighted by Gasteiger charge is 2.27. The van der Waals surface area contributed by atoms with E-state index in [-0.39, 0.29) is 11.4 Å². The van der Waals surface area contributed by atoms with Crippen LogP contribution >= 0.6 is 0 Å². The molecule has 1 aromatic rings. The van der Waals surface area contributed by atoms with Gasteiger partial charge in [-0.3, -0.25) is 4.79 Å². The van der Waals surface area contributed by atoms with Crippen molar-refractivity contribution >= 4 is 5.78 Å². The van der Waals surface area contributed by atoms with Crippen LogP contribution in [0.1, 0.15) is 30.1 Å². The summed E-state index contributed by atoms with van der Waals surface area (Å²) in [6, 6.07) is 11.5. The number of Topliss-reactive ketones (excluding diaryl/α,β-unsaturated/α-hetero) is 1. The number of hydrogen-bond donors (Lipinski definition) is 0. The third-order valence-electron chi connectivity index (χ3n) is 3.55. The maximum absolute atomic E-state index is 12.3. The number of likely N-dealkylation sites (tertiary alicyclic amines) is 1. The van der Waals surface area contributed by atoms with Gasteiger partial charge in [0.05, 0.1) is 0 Å². The molecule has 1 aromatic carbocycles. The molecule has 1 heterocycles. The second-order valence-electron chi connectivity index (χ2n) is 4.63. The first-order chi connectivity index (χ1) is 8.65. The van der Waals surface area contributed by atoms with Crippen molar-refractivity contribution in [2.75, 3.05) is 7.05 Å². The van der Waals surface area contributed by atoms with E-state index in [9.17, 15) is 10.1 Å². The SMILES string of the molecule is CC1CC/C(=C(/C#N)C(=O)c2ccccc2)N1C. The summed E-state index contributed by atoms with van der Waals surface area (Å²) in [5.74, 6) is -0.172. The molecule has 0 radical (unpaired) electrons. The molecule has 2 rings (SSSR count). The average Bonchev–Trinajstić information content (AvgIpc) is 2.73. The number of hydrogen-bond acceptors (Lipinski definition) is 3. The van der Waals surface area contributed by atoms with Gasteiger partial charge in [0.15, 0.2) is 0 Å². The zero-order valence-corrected chi connectivity index (χ0v) is 10.7. The smallest absolute Gasteiger partial charge is 0.205 e. The lowest BCUT2D eigenvalue weighted by molar-refractivity contribution is 0.103. The molecule has 0 N–H and O–H groups in total. The lowest BCUT2D eigenvalue weighted by Crippen LogP contribution is -2.22. The number of rotatable bonds is 2. The Hall–Kier alpha value is -2.08. The Morgan fingerprint density at radius 2 is 2.06 bits per heavy atom. The summed E-state index contributed by atoms with van der Waals surface area (Å²) in [4.78, 5) is 14.3. The number of nitriles is 1. The largest absolute Gasteiger partial charge is 0.374 e. The first-order valence-corrected chi connectivity index (χ1v) is 6.11. The minimum Gasteiger partial charge on any atom is -0.374 e. The molecule has 0 aliphatic carbocycles. The van der Waals surface area contributed by atoms with Crippen molar-refractivity contribution in [3.8, 4) is 6.07 Å². The molecule has 1 aliphatic rings. The van der Waals surface area contributed by atoms with Gasteiger partial charge in [0, 0.05) is 24.4 Å². The Balaban J connectivity index is 2.39. The van der Waals surface area contributed by atoms with Crippen molar-refractivity contribution in [3.05, 3.63) is 47.2 Å². The predicted molar refractivity (Wildman–Crippen MR) is 69.9 cm³/mol. The molecule has 1 atom stereocenters. The molecular weight excluding hydrogens is 224 g/mol. The number of carbonyl (C=O) groups excluding carboxylic acids is 1. The first kappa shape index (κ1) is 12.4. The molecular formula is C15H16N2O. The van der Waals surface area contributed by atoms with Crippen molar-refractivity contribution in [2.24, 2.45) is 0 Å². The molecule has 0 amide bonds. The summed E-state index contributed by atoms with van der Waals surface area (Å²) in [6.07, 6.45) is 1.80. The third-order valence-corrected chi connectivity index (χ3v) is 3.55. The van der Waals surface area contributed by atoms with Crippen LogP contribution in [0.2, 0.25) is 0 Å². The van der Waals surface area contributed by atoms with E-state index in [2.05, 4.69) is 13.0 Å². The van der Waals surface area contributed by atoms with Crippen LogP contribution in [0.25, 0.3) is 0 Å². The van der Waals surface area contributed by atoms with Crippen molar-refractivity contribution in [1.82, 2.24) is 4.90 Å². The van der Waals surface area contributed by atoms with Gasteiger partial charge in [0.2, 0.25) is 5.78 Å². The zero-order valence-electron chi connectivity index (χ0n) is 10.7. The van der Waals surface area contributed by atoms with Crippen LogP contribution in [0.15, 0.2) is 41.6 Å². The minimum atomic E-state index is -0.172. The van der Waals surface area contributed by atoms with Crippen LogP contribution in [0.5, 0.6) is 0 Å². The monoisotopic (exact) mass is 240 g/mol. The lowest BCUT2D eigenvalue weighted by Gasteiger charge is -2.19. The fourth-order valence-corrected chi connectivity index (χ4v) is 2.26. The van der Waals surface area contributed by atoms with Gasteiger partial charge >= 0.3 is 0 Å². The quantitative estimate of drug-likeness (QED) is 0.453. The molecule has 0 aromatic heterocycles. The van der Waals surface area contributed by atoms with Crippen LogP contribution in [0, 0.1) is 11.3 Å². The summed E-state index contributed by atoms with van der Waals surface area (Å²) in [5, 5.41) is 9.27. The van der Waals surface area contributed by atoms with Gasteiger partial charge in [-0.2, -0.15) is 5.26 Å². The molecule has 0 saturated carbocycles. The highest BCUT2D eigenvalue weighted by molar-refractivity contribution is 6.11. The topological polar surface area (TPSA) is 44.1 Å². The Bertz CT molecular complexity index is 525. The van der Waals surface area contributed by atoms with Crippen molar-refractivity contribution < 1.29 is 4.79 Å². The normalized spacial score (nSPS) is 21.6. The van der Waals surface area contributed by atoms with Gasteiger partial charge < -0.3 is 4.90 Å². The number of nitrogens with zero attached hydrogens (tertiary/aromatic N) is 2. The van der Waals surface area contributed by atoms with Crippen LogP contribution in [0.3, 0.4) is 0 Å². The van der Waals surface area contributed by atoms with Gasteiger partial charge in [0.25, 0.3) is 0 Å². The second-order valence-corrected chi connectivity index (χ2v) is 4.63. The van der Waals surface area contributed by atoms with E-state index < -0.39 is 0 Å². The summed E-state index contributed by atoms with van der Waals surface area (Å²) in [7, 11) is 1.95. The molecule has 3 heteroatoms. The highest BCUT2D eigenvalue weighted by Crippen LogP contribution is 2.28. The molecule has 18 heavy (non-hydrogen) atoms. The number of carbonyl (C=O) groups is 1. The summed E-state index contributed by atoms with van der Waals surface area (Å²) >= 11 is 0. The van der Waals surface area contributed by atoms with Crippen molar-refractivity contribution in [2.45, 2.75) is 25.8 Å². The van der Waals surface area contributed by atoms with Gasteiger partial charge in [-0.15, -0.1) is 0 Å². The van der Waals surface area contributed by atoms with Crippen LogP contribution < -0.4 is 0 Å². The molecule has 1 saturated heterocycles. The van der Waals surface area contributed by atoms with E-state index in [0.29, 0.717) is 11.6 Å². The zero-order chi connectivity index (χ0) is 13.1. The highest BCUT2D eigenvalue weighted by atomic mass is 16.1.